The molecule has 0 radical (unpaired) electrons. The maximum Gasteiger partial charge on any atom is 0.416 e. The summed E-state index contributed by atoms with van der Waals surface area (Å²) in [6, 6.07) is 9.15. The lowest BCUT2D eigenvalue weighted by Crippen LogP contribution is -2.50. The molecule has 0 atom stereocenters. The number of aromatic nitrogens is 3. The molecule has 0 aromatic carbocycles. The Labute approximate surface area is 191 Å². The van der Waals surface area contributed by atoms with Crippen LogP contribution in [0.4, 0.5) is 10.6 Å². The van der Waals surface area contributed by atoms with Gasteiger partial charge in [0.05, 0.1) is 11.9 Å². The average molecular weight is 450 g/mol. The Kier molecular flexibility index (Phi) is 5.53. The van der Waals surface area contributed by atoms with Gasteiger partial charge < -0.3 is 24.7 Å². The summed E-state index contributed by atoms with van der Waals surface area (Å²) in [4.78, 5) is 25.2. The van der Waals surface area contributed by atoms with E-state index in [0.29, 0.717) is 31.9 Å². The van der Waals surface area contributed by atoms with Gasteiger partial charge in [0.2, 0.25) is 17.6 Å². The topological polar surface area (TPSA) is 104 Å². The molecular formula is C24H27N5O4. The first-order chi connectivity index (χ1) is 16.0. The van der Waals surface area contributed by atoms with E-state index in [2.05, 4.69) is 14.9 Å². The SMILES string of the molecule is Cc1cccc(N2CCN(C(=O)Oc3ccc(-n4c(O)c5c(c4O)CCCC5)cn3)CC2)n1. The summed E-state index contributed by atoms with van der Waals surface area (Å²) in [6.45, 7) is 4.37. The number of fused-ring (bicyclic) bond motifs is 1. The Bertz CT molecular complexity index is 1140. The van der Waals surface area contributed by atoms with Crippen LogP contribution in [0.3, 0.4) is 0 Å². The maximum absolute atomic E-state index is 12.6. The molecular weight excluding hydrogens is 422 g/mol. The molecule has 5 rings (SSSR count). The number of pyridine rings is 2. The van der Waals surface area contributed by atoms with Crippen LogP contribution in [0.15, 0.2) is 36.5 Å². The van der Waals surface area contributed by atoms with Crippen molar-refractivity contribution in [2.75, 3.05) is 31.1 Å². The molecule has 1 amide bonds. The van der Waals surface area contributed by atoms with Gasteiger partial charge in [0.15, 0.2) is 0 Å². The monoisotopic (exact) mass is 449 g/mol. The first kappa shape index (κ1) is 21.1. The molecule has 0 spiro atoms. The molecule has 9 nitrogen and oxygen atoms in total. The highest BCUT2D eigenvalue weighted by Crippen LogP contribution is 2.40. The second-order valence-corrected chi connectivity index (χ2v) is 8.48. The Hall–Kier alpha value is -3.75. The van der Waals surface area contributed by atoms with Gasteiger partial charge >= 0.3 is 6.09 Å². The molecule has 2 aliphatic rings. The standard InChI is InChI=1S/C24H27N5O4/c1-16-5-4-8-20(26-16)27-11-13-28(14-12-27)24(32)33-21-10-9-17(15-25-21)29-22(30)18-6-2-3-7-19(18)23(29)31/h4-5,8-10,15,30-31H,2-3,6-7,11-14H2,1H3. The zero-order chi connectivity index (χ0) is 22.9. The van der Waals surface area contributed by atoms with E-state index < -0.39 is 6.09 Å². The molecule has 1 fully saturated rings. The van der Waals surface area contributed by atoms with E-state index >= 15 is 0 Å². The number of carbonyl (C=O) groups is 1. The van der Waals surface area contributed by atoms with E-state index in [1.807, 2.05) is 25.1 Å². The van der Waals surface area contributed by atoms with Crippen LogP contribution in [-0.2, 0) is 12.8 Å². The van der Waals surface area contributed by atoms with Crippen LogP contribution >= 0.6 is 0 Å². The van der Waals surface area contributed by atoms with E-state index in [1.165, 1.54) is 10.8 Å². The number of ether oxygens (including phenoxy) is 1. The summed E-state index contributed by atoms with van der Waals surface area (Å²) in [5.41, 5.74) is 3.08. The van der Waals surface area contributed by atoms with Crippen molar-refractivity contribution >= 4 is 11.9 Å². The van der Waals surface area contributed by atoms with Gasteiger partial charge in [-0.05, 0) is 50.8 Å². The van der Waals surface area contributed by atoms with Crippen molar-refractivity contribution in [3.05, 3.63) is 53.3 Å². The number of aromatic hydroxyl groups is 2. The normalized spacial score (nSPS) is 15.9. The number of carbonyl (C=O) groups excluding carboxylic acids is 1. The van der Waals surface area contributed by atoms with Crippen molar-refractivity contribution in [2.24, 2.45) is 0 Å². The summed E-state index contributed by atoms with van der Waals surface area (Å²) in [7, 11) is 0. The number of piperazine rings is 1. The van der Waals surface area contributed by atoms with Crippen molar-refractivity contribution in [3.8, 4) is 23.3 Å². The Morgan fingerprint density at radius 3 is 2.27 bits per heavy atom. The van der Waals surface area contributed by atoms with Gasteiger partial charge in [0.25, 0.3) is 0 Å². The van der Waals surface area contributed by atoms with Gasteiger partial charge in [0.1, 0.15) is 5.82 Å². The van der Waals surface area contributed by atoms with Gasteiger partial charge in [-0.25, -0.2) is 19.3 Å². The highest BCUT2D eigenvalue weighted by atomic mass is 16.6. The Balaban J connectivity index is 1.22. The van der Waals surface area contributed by atoms with Crippen molar-refractivity contribution < 1.29 is 19.7 Å². The first-order valence-electron chi connectivity index (χ1n) is 11.3. The van der Waals surface area contributed by atoms with Crippen LogP contribution in [-0.4, -0.2) is 61.9 Å². The number of anilines is 1. The molecule has 4 heterocycles. The van der Waals surface area contributed by atoms with Gasteiger partial charge in [-0.1, -0.05) is 6.07 Å². The molecule has 0 unspecified atom stereocenters. The third-order valence-electron chi connectivity index (χ3n) is 6.34. The quantitative estimate of drug-likeness (QED) is 0.633. The summed E-state index contributed by atoms with van der Waals surface area (Å²) in [5, 5.41) is 21.2. The number of amides is 1. The summed E-state index contributed by atoms with van der Waals surface area (Å²) < 4.78 is 6.85. The summed E-state index contributed by atoms with van der Waals surface area (Å²) in [6.07, 6.45) is 4.51. The van der Waals surface area contributed by atoms with Crippen LogP contribution in [0, 0.1) is 6.92 Å². The van der Waals surface area contributed by atoms with Crippen LogP contribution < -0.4 is 9.64 Å². The zero-order valence-corrected chi connectivity index (χ0v) is 18.6. The fourth-order valence-electron chi connectivity index (χ4n) is 4.56. The first-order valence-corrected chi connectivity index (χ1v) is 11.3. The molecule has 3 aromatic heterocycles. The van der Waals surface area contributed by atoms with E-state index in [-0.39, 0.29) is 17.6 Å². The number of rotatable bonds is 3. The summed E-state index contributed by atoms with van der Waals surface area (Å²) in [5.74, 6) is 1.19. The molecule has 9 heteroatoms. The predicted octanol–water partition coefficient (Wildman–Crippen LogP) is 3.19. The highest BCUT2D eigenvalue weighted by Gasteiger charge is 2.26. The van der Waals surface area contributed by atoms with E-state index in [4.69, 9.17) is 4.74 Å². The molecule has 1 aliphatic carbocycles. The number of hydrogen-bond donors (Lipinski definition) is 2. The minimum atomic E-state index is -0.450. The molecule has 172 valence electrons. The van der Waals surface area contributed by atoms with Crippen LogP contribution in [0.1, 0.15) is 29.7 Å². The van der Waals surface area contributed by atoms with Crippen molar-refractivity contribution in [3.63, 3.8) is 0 Å². The van der Waals surface area contributed by atoms with Crippen molar-refractivity contribution in [1.29, 1.82) is 0 Å². The highest BCUT2D eigenvalue weighted by molar-refractivity contribution is 5.70. The fourth-order valence-corrected chi connectivity index (χ4v) is 4.56. The molecule has 0 bridgehead atoms. The molecule has 33 heavy (non-hydrogen) atoms. The Morgan fingerprint density at radius 2 is 1.67 bits per heavy atom. The van der Waals surface area contributed by atoms with Gasteiger partial charge in [-0.3, -0.25) is 0 Å². The van der Waals surface area contributed by atoms with Crippen molar-refractivity contribution in [2.45, 2.75) is 32.6 Å². The number of hydrogen-bond acceptors (Lipinski definition) is 7. The molecule has 1 saturated heterocycles. The third-order valence-corrected chi connectivity index (χ3v) is 6.34. The molecule has 0 saturated carbocycles. The van der Waals surface area contributed by atoms with Crippen molar-refractivity contribution in [1.82, 2.24) is 19.4 Å². The lowest BCUT2D eigenvalue weighted by Gasteiger charge is -2.34. The third kappa shape index (κ3) is 4.06. The number of aryl methyl sites for hydroxylation is 1. The largest absolute Gasteiger partial charge is 0.494 e. The van der Waals surface area contributed by atoms with Crippen LogP contribution in [0.5, 0.6) is 17.6 Å². The van der Waals surface area contributed by atoms with E-state index in [9.17, 15) is 15.0 Å². The minimum absolute atomic E-state index is 0.0507. The summed E-state index contributed by atoms with van der Waals surface area (Å²) >= 11 is 0. The predicted molar refractivity (Wildman–Crippen MR) is 122 cm³/mol. The second-order valence-electron chi connectivity index (χ2n) is 8.48. The van der Waals surface area contributed by atoms with Crippen LogP contribution in [0.25, 0.3) is 5.69 Å². The van der Waals surface area contributed by atoms with Crippen LogP contribution in [0.2, 0.25) is 0 Å². The molecule has 3 aromatic rings. The van der Waals surface area contributed by atoms with E-state index in [0.717, 1.165) is 48.3 Å². The van der Waals surface area contributed by atoms with Gasteiger partial charge in [-0.15, -0.1) is 0 Å². The van der Waals surface area contributed by atoms with Gasteiger partial charge in [-0.2, -0.15) is 0 Å². The average Bonchev–Trinajstić information content (AvgIpc) is 3.10. The van der Waals surface area contributed by atoms with Gasteiger partial charge in [0, 0.05) is 49.1 Å². The smallest absolute Gasteiger partial charge is 0.416 e. The lowest BCUT2D eigenvalue weighted by atomic mass is 9.95. The maximum atomic E-state index is 12.6. The Morgan fingerprint density at radius 1 is 0.970 bits per heavy atom. The number of nitrogens with zero attached hydrogens (tertiary/aromatic N) is 5. The molecule has 1 aliphatic heterocycles. The van der Waals surface area contributed by atoms with E-state index in [1.54, 1.807) is 17.0 Å². The molecule has 2 N–H and O–H groups in total. The lowest BCUT2D eigenvalue weighted by molar-refractivity contribution is 0.147. The fraction of sp³-hybridized carbons (Fsp3) is 0.375. The minimum Gasteiger partial charge on any atom is -0.494 e. The second kappa shape index (κ2) is 8.65. The zero-order valence-electron chi connectivity index (χ0n) is 18.6.